The van der Waals surface area contributed by atoms with Crippen molar-refractivity contribution in [2.45, 2.75) is 45.7 Å². The van der Waals surface area contributed by atoms with Gasteiger partial charge in [-0.3, -0.25) is 9.80 Å². The number of allylic oxidation sites excluding steroid dienone is 5. The van der Waals surface area contributed by atoms with E-state index in [1.165, 1.54) is 16.8 Å². The SMILES string of the molecule is C=C1/C=C(/C2(N(C)CC)CCN(Cc3cc(OC)cc(OC)c3)CC2)N(C)C/C(C)=C/C(OC)=C\C(OC)=C\1C. The molecule has 7 heteroatoms. The smallest absolute Gasteiger partial charge is 0.126 e. The molecule has 0 radical (unpaired) electrons. The maximum atomic E-state index is 5.77. The largest absolute Gasteiger partial charge is 0.497 e. The van der Waals surface area contributed by atoms with Crippen molar-refractivity contribution in [3.63, 3.8) is 0 Å². The number of likely N-dealkylation sites (N-methyl/N-ethyl adjacent to an activating group) is 2. The van der Waals surface area contributed by atoms with Crippen LogP contribution >= 0.6 is 0 Å². The molecule has 0 bridgehead atoms. The molecule has 2 heterocycles. The second-order valence-corrected chi connectivity index (χ2v) is 10.9. The second-order valence-electron chi connectivity index (χ2n) is 10.9. The summed E-state index contributed by atoms with van der Waals surface area (Å²) in [7, 11) is 11.2. The monoisotopic (exact) mass is 551 g/mol. The van der Waals surface area contributed by atoms with Gasteiger partial charge in [0.2, 0.25) is 0 Å². The summed E-state index contributed by atoms with van der Waals surface area (Å²) in [5, 5.41) is 0. The van der Waals surface area contributed by atoms with Gasteiger partial charge >= 0.3 is 0 Å². The molecule has 1 fully saturated rings. The fourth-order valence-corrected chi connectivity index (χ4v) is 5.82. The van der Waals surface area contributed by atoms with Crippen molar-refractivity contribution in [2.75, 3.05) is 68.7 Å². The number of piperidine rings is 1. The Kier molecular flexibility index (Phi) is 10.9. The molecule has 0 atom stereocenters. The molecule has 3 rings (SSSR count). The Morgan fingerprint density at radius 1 is 0.900 bits per heavy atom. The first-order valence-electron chi connectivity index (χ1n) is 14.1. The highest BCUT2D eigenvalue weighted by Crippen LogP contribution is 2.39. The van der Waals surface area contributed by atoms with Crippen LogP contribution in [0.15, 0.2) is 76.9 Å². The molecule has 0 spiro atoms. The van der Waals surface area contributed by atoms with E-state index in [2.05, 4.69) is 80.4 Å². The fraction of sp³-hybridized carbons (Fsp3) is 0.515. The van der Waals surface area contributed by atoms with E-state index in [1.807, 2.05) is 12.1 Å². The third kappa shape index (κ3) is 7.12. The molecular weight excluding hydrogens is 502 g/mol. The van der Waals surface area contributed by atoms with Gasteiger partial charge in [0, 0.05) is 51.1 Å². The van der Waals surface area contributed by atoms with Crippen LogP contribution < -0.4 is 9.47 Å². The van der Waals surface area contributed by atoms with E-state index in [4.69, 9.17) is 18.9 Å². The van der Waals surface area contributed by atoms with Gasteiger partial charge in [-0.25, -0.2) is 0 Å². The highest BCUT2D eigenvalue weighted by molar-refractivity contribution is 5.46. The van der Waals surface area contributed by atoms with Gasteiger partial charge < -0.3 is 23.8 Å². The molecule has 0 aliphatic carbocycles. The molecule has 0 unspecified atom stereocenters. The molecule has 1 saturated heterocycles. The van der Waals surface area contributed by atoms with Crippen molar-refractivity contribution in [1.82, 2.24) is 14.7 Å². The molecule has 1 aromatic rings. The van der Waals surface area contributed by atoms with Gasteiger partial charge in [-0.2, -0.15) is 0 Å². The standard InChI is InChI=1S/C33H49N3O4/c1-11-35(6)33(12-14-36(15-13-33)23-27-18-29(38-8)20-30(19-27)39-9)32-17-25(3)26(4)31(40-10)21-28(37-7)16-24(2)22-34(32)5/h16-21H,3,11-15,22-23H2,1-2,4-10H3/b24-16+,28-21+,31-26-,32-17-. The number of nitrogens with zero attached hydrogens (tertiary/aromatic N) is 3. The Morgan fingerprint density at radius 2 is 1.52 bits per heavy atom. The van der Waals surface area contributed by atoms with Gasteiger partial charge in [0.1, 0.15) is 23.0 Å². The van der Waals surface area contributed by atoms with Crippen LogP contribution in [0.5, 0.6) is 11.5 Å². The van der Waals surface area contributed by atoms with Crippen LogP contribution in [0, 0.1) is 0 Å². The number of benzene rings is 1. The Hall–Kier alpha value is -3.16. The van der Waals surface area contributed by atoms with E-state index in [-0.39, 0.29) is 5.54 Å². The maximum absolute atomic E-state index is 5.77. The molecule has 40 heavy (non-hydrogen) atoms. The Labute approximate surface area is 242 Å². The van der Waals surface area contributed by atoms with E-state index >= 15 is 0 Å². The minimum Gasteiger partial charge on any atom is -0.497 e. The maximum Gasteiger partial charge on any atom is 0.126 e. The van der Waals surface area contributed by atoms with Crippen molar-refractivity contribution in [2.24, 2.45) is 0 Å². The van der Waals surface area contributed by atoms with Crippen molar-refractivity contribution >= 4 is 0 Å². The first kappa shape index (κ1) is 31.4. The number of rotatable bonds is 9. The van der Waals surface area contributed by atoms with Crippen molar-refractivity contribution in [3.8, 4) is 11.5 Å². The summed E-state index contributed by atoms with van der Waals surface area (Å²) in [6, 6.07) is 6.13. The van der Waals surface area contributed by atoms with Crippen molar-refractivity contribution in [3.05, 3.63) is 82.5 Å². The number of methoxy groups -OCH3 is 4. The van der Waals surface area contributed by atoms with Crippen LogP contribution in [0.2, 0.25) is 0 Å². The van der Waals surface area contributed by atoms with Gasteiger partial charge in [0.05, 0.1) is 34.0 Å². The molecule has 2 aliphatic rings. The number of hydrogen-bond acceptors (Lipinski definition) is 7. The minimum absolute atomic E-state index is 0.131. The van der Waals surface area contributed by atoms with Gasteiger partial charge in [0.25, 0.3) is 0 Å². The van der Waals surface area contributed by atoms with Crippen LogP contribution in [-0.4, -0.2) is 89.0 Å². The summed E-state index contributed by atoms with van der Waals surface area (Å²) in [4.78, 5) is 7.44. The molecule has 1 aromatic carbocycles. The highest BCUT2D eigenvalue weighted by Gasteiger charge is 2.42. The molecule has 2 aliphatic heterocycles. The average Bonchev–Trinajstić information content (AvgIpc) is 2.98. The summed E-state index contributed by atoms with van der Waals surface area (Å²) >= 11 is 0. The predicted octanol–water partition coefficient (Wildman–Crippen LogP) is 5.77. The third-order valence-corrected chi connectivity index (χ3v) is 8.36. The van der Waals surface area contributed by atoms with Crippen molar-refractivity contribution < 1.29 is 18.9 Å². The minimum atomic E-state index is -0.131. The predicted molar refractivity (Wildman–Crippen MR) is 164 cm³/mol. The Balaban J connectivity index is 1.98. The quantitative estimate of drug-likeness (QED) is 0.386. The highest BCUT2D eigenvalue weighted by atomic mass is 16.5. The number of ether oxygens (including phenoxy) is 4. The van der Waals surface area contributed by atoms with Crippen LogP contribution in [0.1, 0.15) is 39.2 Å². The Bertz CT molecular complexity index is 1150. The summed E-state index contributed by atoms with van der Waals surface area (Å²) in [6.07, 6.45) is 8.33. The van der Waals surface area contributed by atoms with E-state index in [1.54, 1.807) is 28.4 Å². The Morgan fingerprint density at radius 3 is 2.05 bits per heavy atom. The zero-order chi connectivity index (χ0) is 29.4. The molecule has 0 aromatic heterocycles. The molecule has 0 N–H and O–H groups in total. The molecule has 220 valence electrons. The lowest BCUT2D eigenvalue weighted by atomic mass is 9.80. The van der Waals surface area contributed by atoms with E-state index < -0.39 is 0 Å². The van der Waals surface area contributed by atoms with E-state index in [0.29, 0.717) is 0 Å². The number of likely N-dealkylation sites (tertiary alicyclic amines) is 1. The molecule has 0 amide bonds. The van der Waals surface area contributed by atoms with Crippen LogP contribution in [-0.2, 0) is 16.0 Å². The fourth-order valence-electron chi connectivity index (χ4n) is 5.82. The van der Waals surface area contributed by atoms with E-state index in [9.17, 15) is 0 Å². The molecular formula is C33H49N3O4. The number of hydrogen-bond donors (Lipinski definition) is 0. The summed E-state index contributed by atoms with van der Waals surface area (Å²) < 4.78 is 22.5. The topological polar surface area (TPSA) is 46.6 Å². The van der Waals surface area contributed by atoms with Gasteiger partial charge in [-0.1, -0.05) is 19.1 Å². The molecule has 7 nitrogen and oxygen atoms in total. The normalized spacial score (nSPS) is 24.7. The average molecular weight is 552 g/mol. The summed E-state index contributed by atoms with van der Waals surface area (Å²) in [5.41, 5.74) is 5.50. The van der Waals surface area contributed by atoms with Crippen molar-refractivity contribution in [1.29, 1.82) is 0 Å². The van der Waals surface area contributed by atoms with Gasteiger partial charge in [-0.15, -0.1) is 0 Å². The lowest BCUT2D eigenvalue weighted by molar-refractivity contribution is 0.0481. The molecule has 0 saturated carbocycles. The third-order valence-electron chi connectivity index (χ3n) is 8.36. The first-order valence-corrected chi connectivity index (χ1v) is 14.1. The zero-order valence-corrected chi connectivity index (χ0v) is 26.1. The van der Waals surface area contributed by atoms with Gasteiger partial charge in [0.15, 0.2) is 0 Å². The zero-order valence-electron chi connectivity index (χ0n) is 26.1. The van der Waals surface area contributed by atoms with E-state index in [0.717, 1.165) is 79.7 Å². The van der Waals surface area contributed by atoms with Crippen LogP contribution in [0.3, 0.4) is 0 Å². The van der Waals surface area contributed by atoms with Gasteiger partial charge in [-0.05, 0) is 81.3 Å². The summed E-state index contributed by atoms with van der Waals surface area (Å²) in [6.45, 7) is 15.5. The van der Waals surface area contributed by atoms with Crippen LogP contribution in [0.25, 0.3) is 0 Å². The first-order chi connectivity index (χ1) is 19.1. The summed E-state index contributed by atoms with van der Waals surface area (Å²) in [5.74, 6) is 3.17. The lowest BCUT2D eigenvalue weighted by Gasteiger charge is -2.51. The lowest BCUT2D eigenvalue weighted by Crippen LogP contribution is -2.57. The van der Waals surface area contributed by atoms with Crippen LogP contribution in [0.4, 0.5) is 0 Å². The second kappa shape index (κ2) is 14.0.